The summed E-state index contributed by atoms with van der Waals surface area (Å²) in [6, 6.07) is 11.0. The first kappa shape index (κ1) is 14.5. The average molecular weight is 311 g/mol. The van der Waals surface area contributed by atoms with Gasteiger partial charge in [-0.2, -0.15) is 0 Å². The third kappa shape index (κ3) is 3.15. The van der Waals surface area contributed by atoms with Gasteiger partial charge >= 0.3 is 0 Å². The van der Waals surface area contributed by atoms with Gasteiger partial charge in [-0.05, 0) is 24.3 Å². The molecular weight excluding hydrogens is 300 g/mol. The summed E-state index contributed by atoms with van der Waals surface area (Å²) in [6.45, 7) is 0. The van der Waals surface area contributed by atoms with Crippen molar-refractivity contribution in [2.75, 3.05) is 5.73 Å². The number of nitro benzene ring substituents is 1. The first-order valence-corrected chi connectivity index (χ1v) is 7.34. The molecule has 0 bridgehead atoms. The van der Waals surface area contributed by atoms with Gasteiger partial charge < -0.3 is 5.73 Å². The third-order valence-electron chi connectivity index (χ3n) is 2.69. The molecule has 7 heteroatoms. The van der Waals surface area contributed by atoms with Crippen molar-refractivity contribution in [3.63, 3.8) is 0 Å². The number of hydrogen-bond acceptors (Lipinski definition) is 4. The zero-order valence-corrected chi connectivity index (χ0v) is 11.9. The van der Waals surface area contributed by atoms with Crippen LogP contribution in [0, 0.1) is 10.1 Å². The summed E-state index contributed by atoms with van der Waals surface area (Å²) in [4.78, 5) is 10.9. The molecule has 104 valence electrons. The molecule has 0 amide bonds. The minimum Gasteiger partial charge on any atom is -0.398 e. The summed E-state index contributed by atoms with van der Waals surface area (Å²) in [5.41, 5.74) is 6.38. The van der Waals surface area contributed by atoms with E-state index >= 15 is 0 Å². The van der Waals surface area contributed by atoms with Gasteiger partial charge in [-0.25, -0.2) is 0 Å². The SMILES string of the molecule is Nc1ccccc1S(=O)Cc1ccc(Cl)cc1[N+](=O)[O-]. The Hall–Kier alpha value is -1.92. The van der Waals surface area contributed by atoms with E-state index in [-0.39, 0.29) is 16.5 Å². The van der Waals surface area contributed by atoms with Crippen LogP contribution >= 0.6 is 11.6 Å². The van der Waals surface area contributed by atoms with E-state index in [4.69, 9.17) is 17.3 Å². The Morgan fingerprint density at radius 2 is 1.95 bits per heavy atom. The zero-order valence-electron chi connectivity index (χ0n) is 10.3. The molecule has 0 fully saturated rings. The summed E-state index contributed by atoms with van der Waals surface area (Å²) < 4.78 is 12.3. The number of hydrogen-bond donors (Lipinski definition) is 1. The van der Waals surface area contributed by atoms with E-state index in [2.05, 4.69) is 0 Å². The highest BCUT2D eigenvalue weighted by molar-refractivity contribution is 7.84. The zero-order chi connectivity index (χ0) is 14.7. The normalized spacial score (nSPS) is 12.1. The van der Waals surface area contributed by atoms with Crippen molar-refractivity contribution in [1.82, 2.24) is 0 Å². The van der Waals surface area contributed by atoms with Crippen LogP contribution in [0.25, 0.3) is 0 Å². The number of anilines is 1. The van der Waals surface area contributed by atoms with Crippen LogP contribution in [0.4, 0.5) is 11.4 Å². The highest BCUT2D eigenvalue weighted by atomic mass is 35.5. The van der Waals surface area contributed by atoms with Gasteiger partial charge in [0, 0.05) is 22.3 Å². The average Bonchev–Trinajstić information content (AvgIpc) is 2.41. The van der Waals surface area contributed by atoms with Crippen molar-refractivity contribution in [2.24, 2.45) is 0 Å². The minimum absolute atomic E-state index is 0.0156. The van der Waals surface area contributed by atoms with Gasteiger partial charge in [0.25, 0.3) is 5.69 Å². The highest BCUT2D eigenvalue weighted by Crippen LogP contribution is 2.26. The highest BCUT2D eigenvalue weighted by Gasteiger charge is 2.18. The van der Waals surface area contributed by atoms with Crippen molar-refractivity contribution in [2.45, 2.75) is 10.6 Å². The van der Waals surface area contributed by atoms with Crippen LogP contribution in [0.1, 0.15) is 5.56 Å². The standard InChI is InChI=1S/C13H11ClN2O3S/c14-10-6-5-9(12(7-10)16(17)18)8-20(19)13-4-2-1-3-11(13)15/h1-7H,8,15H2. The molecule has 0 aliphatic rings. The molecule has 2 aromatic rings. The van der Waals surface area contributed by atoms with Crippen LogP contribution in [0.2, 0.25) is 5.02 Å². The number of nitrogens with zero attached hydrogens (tertiary/aromatic N) is 1. The van der Waals surface area contributed by atoms with Gasteiger partial charge in [0.1, 0.15) is 0 Å². The van der Waals surface area contributed by atoms with Gasteiger partial charge in [-0.1, -0.05) is 23.7 Å². The molecule has 1 atom stereocenters. The van der Waals surface area contributed by atoms with Gasteiger partial charge in [-0.3, -0.25) is 14.3 Å². The second-order valence-corrected chi connectivity index (χ2v) is 5.91. The maximum Gasteiger partial charge on any atom is 0.275 e. The number of nitrogen functional groups attached to an aromatic ring is 1. The lowest BCUT2D eigenvalue weighted by molar-refractivity contribution is -0.385. The molecule has 0 heterocycles. The molecule has 0 aliphatic carbocycles. The first-order chi connectivity index (χ1) is 9.49. The molecule has 20 heavy (non-hydrogen) atoms. The molecule has 0 spiro atoms. The van der Waals surface area contributed by atoms with Gasteiger partial charge in [0.15, 0.2) is 0 Å². The van der Waals surface area contributed by atoms with Crippen LogP contribution in [0.3, 0.4) is 0 Å². The van der Waals surface area contributed by atoms with Gasteiger partial charge in [0.05, 0.1) is 26.4 Å². The van der Waals surface area contributed by atoms with Crippen molar-refractivity contribution >= 4 is 33.8 Å². The fraction of sp³-hybridized carbons (Fsp3) is 0.0769. The van der Waals surface area contributed by atoms with E-state index in [1.807, 2.05) is 0 Å². The summed E-state index contributed by atoms with van der Waals surface area (Å²) in [5.74, 6) is 0.0156. The van der Waals surface area contributed by atoms with E-state index in [9.17, 15) is 14.3 Å². The Balaban J connectivity index is 2.33. The lowest BCUT2D eigenvalue weighted by atomic mass is 10.2. The van der Waals surface area contributed by atoms with Crippen LogP contribution in [0.15, 0.2) is 47.4 Å². The lowest BCUT2D eigenvalue weighted by Gasteiger charge is -2.06. The first-order valence-electron chi connectivity index (χ1n) is 5.64. The van der Waals surface area contributed by atoms with Crippen LogP contribution in [-0.4, -0.2) is 9.13 Å². The summed E-state index contributed by atoms with van der Waals surface area (Å²) in [5, 5.41) is 11.3. The van der Waals surface area contributed by atoms with E-state index in [1.165, 1.54) is 18.2 Å². The summed E-state index contributed by atoms with van der Waals surface area (Å²) in [7, 11) is -1.45. The minimum atomic E-state index is -1.45. The van der Waals surface area contributed by atoms with E-state index < -0.39 is 15.7 Å². The second kappa shape index (κ2) is 6.02. The van der Waals surface area contributed by atoms with E-state index in [0.29, 0.717) is 16.1 Å². The van der Waals surface area contributed by atoms with Gasteiger partial charge in [0.2, 0.25) is 0 Å². The molecule has 0 saturated heterocycles. The van der Waals surface area contributed by atoms with Crippen molar-refractivity contribution in [3.8, 4) is 0 Å². The maximum atomic E-state index is 12.3. The van der Waals surface area contributed by atoms with Crippen molar-refractivity contribution < 1.29 is 9.13 Å². The monoisotopic (exact) mass is 310 g/mol. The Labute approximate surface area is 123 Å². The summed E-state index contributed by atoms with van der Waals surface area (Å²) >= 11 is 5.74. The van der Waals surface area contributed by atoms with Crippen molar-refractivity contribution in [3.05, 3.63) is 63.2 Å². The molecule has 5 nitrogen and oxygen atoms in total. The Kier molecular flexibility index (Phi) is 4.36. The Morgan fingerprint density at radius 3 is 2.60 bits per heavy atom. The largest absolute Gasteiger partial charge is 0.398 e. The van der Waals surface area contributed by atoms with Gasteiger partial charge in [-0.15, -0.1) is 0 Å². The van der Waals surface area contributed by atoms with Crippen LogP contribution < -0.4 is 5.73 Å². The Morgan fingerprint density at radius 1 is 1.25 bits per heavy atom. The molecule has 0 radical (unpaired) electrons. The van der Waals surface area contributed by atoms with Crippen molar-refractivity contribution in [1.29, 1.82) is 0 Å². The van der Waals surface area contributed by atoms with E-state index in [0.717, 1.165) is 0 Å². The number of rotatable bonds is 4. The topological polar surface area (TPSA) is 86.2 Å². The molecule has 2 N–H and O–H groups in total. The van der Waals surface area contributed by atoms with E-state index in [1.54, 1.807) is 24.3 Å². The molecular formula is C13H11ClN2O3S. The number of halogens is 1. The smallest absolute Gasteiger partial charge is 0.275 e. The molecule has 0 saturated carbocycles. The second-order valence-electron chi connectivity index (χ2n) is 4.06. The predicted molar refractivity (Wildman–Crippen MR) is 79.1 cm³/mol. The number of para-hydroxylation sites is 1. The maximum absolute atomic E-state index is 12.3. The third-order valence-corrected chi connectivity index (χ3v) is 4.37. The quantitative estimate of drug-likeness (QED) is 0.534. The number of nitro groups is 1. The fourth-order valence-corrected chi connectivity index (χ4v) is 3.15. The van der Waals surface area contributed by atoms with Crippen LogP contribution in [0.5, 0.6) is 0 Å². The number of benzene rings is 2. The molecule has 2 aromatic carbocycles. The fourth-order valence-electron chi connectivity index (χ4n) is 1.74. The molecule has 0 aromatic heterocycles. The Bertz CT molecular complexity index is 691. The molecule has 0 aliphatic heterocycles. The van der Waals surface area contributed by atoms with Crippen LogP contribution in [-0.2, 0) is 16.6 Å². The number of nitrogens with two attached hydrogens (primary N) is 1. The lowest BCUT2D eigenvalue weighted by Crippen LogP contribution is -2.03. The molecule has 1 unspecified atom stereocenters. The predicted octanol–water partition coefficient (Wildman–Crippen LogP) is 3.14. The molecule has 2 rings (SSSR count). The summed E-state index contributed by atoms with van der Waals surface area (Å²) in [6.07, 6.45) is 0.